The first-order valence-electron chi connectivity index (χ1n) is 13.7. The van der Waals surface area contributed by atoms with Crippen LogP contribution in [0.2, 0.25) is 10.0 Å². The summed E-state index contributed by atoms with van der Waals surface area (Å²) in [4.78, 5) is 19.4. The summed E-state index contributed by atoms with van der Waals surface area (Å²) in [6.45, 7) is 6.79. The average Bonchev–Trinajstić information content (AvgIpc) is 3.48. The number of benzene rings is 2. The van der Waals surface area contributed by atoms with Crippen LogP contribution in [0, 0.1) is 5.92 Å². The van der Waals surface area contributed by atoms with Gasteiger partial charge < -0.3 is 4.74 Å². The Morgan fingerprint density at radius 1 is 1.12 bits per heavy atom. The molecule has 0 spiro atoms. The molecule has 0 aromatic heterocycles. The minimum atomic E-state index is -3.93. The number of hydrogen-bond acceptors (Lipinski definition) is 5. The second-order valence-corrected chi connectivity index (χ2v) is 14.2. The minimum Gasteiger partial charge on any atom is -0.493 e. The Morgan fingerprint density at radius 3 is 2.36 bits per heavy atom. The van der Waals surface area contributed by atoms with Gasteiger partial charge in [0, 0.05) is 35.1 Å². The Labute approximate surface area is 267 Å². The van der Waals surface area contributed by atoms with Crippen molar-refractivity contribution in [2.24, 2.45) is 10.9 Å². The van der Waals surface area contributed by atoms with E-state index >= 15 is 0 Å². The van der Waals surface area contributed by atoms with Crippen molar-refractivity contribution in [3.05, 3.63) is 80.8 Å². The number of nitrogens with zero attached hydrogens (tertiary/aromatic N) is 3. The fourth-order valence-electron chi connectivity index (χ4n) is 4.98. The van der Waals surface area contributed by atoms with Gasteiger partial charge in [0.05, 0.1) is 29.3 Å². The van der Waals surface area contributed by atoms with Gasteiger partial charge in [0.15, 0.2) is 0 Å². The Bertz CT molecular complexity index is 1520. The Kier molecular flexibility index (Phi) is 10.7. The van der Waals surface area contributed by atoms with E-state index in [4.69, 9.17) is 56.1 Å². The van der Waals surface area contributed by atoms with Gasteiger partial charge in [-0.15, -0.1) is 0 Å². The lowest BCUT2D eigenvalue weighted by molar-refractivity contribution is 0.241. The first-order chi connectivity index (χ1) is 19.8. The fourth-order valence-corrected chi connectivity index (χ4v) is 7.45. The highest BCUT2D eigenvalue weighted by Gasteiger charge is 2.35. The molecule has 226 valence electrons. The largest absolute Gasteiger partial charge is 0.493 e. The number of aliphatic imine (C=N–C) groups is 1. The third-order valence-corrected chi connectivity index (χ3v) is 10.4. The molecule has 1 fully saturated rings. The van der Waals surface area contributed by atoms with Gasteiger partial charge >= 0.3 is 5.37 Å². The van der Waals surface area contributed by atoms with Crippen LogP contribution in [0.4, 0.5) is 4.79 Å². The molecule has 1 heterocycles. The van der Waals surface area contributed by atoms with Crippen molar-refractivity contribution in [1.82, 2.24) is 9.21 Å². The zero-order chi connectivity index (χ0) is 30.7. The maximum Gasteiger partial charge on any atom is 0.322 e. The van der Waals surface area contributed by atoms with E-state index in [0.29, 0.717) is 29.6 Å². The van der Waals surface area contributed by atoms with E-state index < -0.39 is 20.9 Å². The lowest BCUT2D eigenvalue weighted by Crippen LogP contribution is -2.38. The molecule has 0 radical (unpaired) electrons. The van der Waals surface area contributed by atoms with Crippen LogP contribution in [0.3, 0.4) is 0 Å². The molecule has 1 aliphatic carbocycles. The van der Waals surface area contributed by atoms with E-state index in [1.54, 1.807) is 31.2 Å². The van der Waals surface area contributed by atoms with E-state index in [9.17, 15) is 13.2 Å². The molecule has 0 bridgehead atoms. The van der Waals surface area contributed by atoms with Crippen LogP contribution in [0.1, 0.15) is 51.2 Å². The van der Waals surface area contributed by atoms with E-state index in [2.05, 4.69) is 0 Å². The summed E-state index contributed by atoms with van der Waals surface area (Å²) in [5, 5.41) is 0.396. The number of hydrogen-bond donors (Lipinski definition) is 0. The van der Waals surface area contributed by atoms with Crippen molar-refractivity contribution in [3.63, 3.8) is 0 Å². The molecule has 1 unspecified atom stereocenters. The second-order valence-electron chi connectivity index (χ2n) is 10.7. The zero-order valence-electron chi connectivity index (χ0n) is 23.6. The summed E-state index contributed by atoms with van der Waals surface area (Å²) < 4.78 is 34.8. The predicted octanol–water partition coefficient (Wildman–Crippen LogP) is 8.26. The SMILES string of the molecule is CCOc1cc(Cl)c(S(=O)(=O)N2CCCC2)cc1/C(=N/C(C)(C)C1C=CC(Cl)=CC1)N(Cc1ccc(Cl)cc1)C(=O)Cl. The summed E-state index contributed by atoms with van der Waals surface area (Å²) in [6, 6.07) is 9.90. The highest BCUT2D eigenvalue weighted by atomic mass is 35.5. The highest BCUT2D eigenvalue weighted by Crippen LogP contribution is 2.37. The lowest BCUT2D eigenvalue weighted by Gasteiger charge is -2.33. The summed E-state index contributed by atoms with van der Waals surface area (Å²) in [7, 11) is -3.93. The summed E-state index contributed by atoms with van der Waals surface area (Å²) >= 11 is 25.1. The lowest BCUT2D eigenvalue weighted by atomic mass is 9.83. The quantitative estimate of drug-likeness (QED) is 0.116. The van der Waals surface area contributed by atoms with E-state index in [0.717, 1.165) is 18.4 Å². The number of rotatable bonds is 9. The molecular formula is C30H33Cl4N3O4S. The number of ether oxygens (including phenoxy) is 1. The summed E-state index contributed by atoms with van der Waals surface area (Å²) in [5.74, 6) is 0.356. The number of amidine groups is 1. The molecule has 12 heteroatoms. The molecule has 1 atom stereocenters. The second kappa shape index (κ2) is 13.7. The van der Waals surface area contributed by atoms with Gasteiger partial charge in [-0.3, -0.25) is 14.7 Å². The first kappa shape index (κ1) is 32.8. The number of carbonyl (C=O) groups excluding carboxylic acids is 1. The number of allylic oxidation sites excluding steroid dienone is 3. The number of carbonyl (C=O) groups is 1. The molecule has 2 aromatic rings. The van der Waals surface area contributed by atoms with Crippen LogP contribution in [-0.2, 0) is 16.6 Å². The van der Waals surface area contributed by atoms with Gasteiger partial charge in [-0.1, -0.05) is 59.1 Å². The normalized spacial score (nSPS) is 18.2. The van der Waals surface area contributed by atoms with Gasteiger partial charge in [0.1, 0.15) is 16.5 Å². The first-order valence-corrected chi connectivity index (χ1v) is 16.6. The van der Waals surface area contributed by atoms with Crippen molar-refractivity contribution >= 4 is 67.6 Å². The predicted molar refractivity (Wildman–Crippen MR) is 171 cm³/mol. The van der Waals surface area contributed by atoms with Crippen LogP contribution in [0.25, 0.3) is 0 Å². The van der Waals surface area contributed by atoms with Crippen molar-refractivity contribution < 1.29 is 17.9 Å². The average molecular weight is 673 g/mol. The Balaban J connectivity index is 1.94. The minimum absolute atomic E-state index is 0.0177. The summed E-state index contributed by atoms with van der Waals surface area (Å²) in [6.07, 6.45) is 7.87. The van der Waals surface area contributed by atoms with Crippen LogP contribution >= 0.6 is 46.4 Å². The molecular weight excluding hydrogens is 640 g/mol. The Hall–Kier alpha value is -2.07. The van der Waals surface area contributed by atoms with E-state index in [1.807, 2.05) is 32.1 Å². The third-order valence-electron chi connectivity index (χ3n) is 7.34. The maximum absolute atomic E-state index is 13.7. The number of halogens is 4. The van der Waals surface area contributed by atoms with Crippen LogP contribution in [0.15, 0.2) is 69.5 Å². The van der Waals surface area contributed by atoms with Crippen LogP contribution in [-0.4, -0.2) is 54.1 Å². The van der Waals surface area contributed by atoms with E-state index in [-0.39, 0.29) is 46.1 Å². The standard InChI is InChI=1S/C30H33Cl4N3O4S/c1-4-41-26-18-25(33)27(42(39,40)36-15-5-6-16-36)17-24(26)28(35-30(2,3)21-9-13-23(32)14-10-21)37(29(34)38)19-20-7-11-22(31)12-8-20/h7-9,11-14,17-18,21H,4-6,10,15-16,19H2,1-3H3/b35-28-. The number of amides is 1. The molecule has 1 aliphatic heterocycles. The number of sulfonamides is 1. The third kappa shape index (κ3) is 7.52. The molecule has 7 nitrogen and oxygen atoms in total. The molecule has 1 saturated heterocycles. The zero-order valence-corrected chi connectivity index (χ0v) is 27.5. The van der Waals surface area contributed by atoms with Crippen LogP contribution in [0.5, 0.6) is 5.75 Å². The molecule has 2 aliphatic rings. The maximum atomic E-state index is 13.7. The van der Waals surface area contributed by atoms with Gasteiger partial charge in [0.2, 0.25) is 10.0 Å². The van der Waals surface area contributed by atoms with Crippen molar-refractivity contribution in [2.45, 2.75) is 57.0 Å². The van der Waals surface area contributed by atoms with Crippen LogP contribution < -0.4 is 4.74 Å². The molecule has 2 aromatic carbocycles. The molecule has 0 N–H and O–H groups in total. The van der Waals surface area contributed by atoms with Gasteiger partial charge in [0.25, 0.3) is 0 Å². The van der Waals surface area contributed by atoms with Gasteiger partial charge in [-0.25, -0.2) is 8.42 Å². The molecule has 42 heavy (non-hydrogen) atoms. The fraction of sp³-hybridized carbons (Fsp3) is 0.400. The van der Waals surface area contributed by atoms with Gasteiger partial charge in [-0.05, 0) is 81.5 Å². The monoisotopic (exact) mass is 671 g/mol. The van der Waals surface area contributed by atoms with Crippen molar-refractivity contribution in [1.29, 1.82) is 0 Å². The molecule has 0 saturated carbocycles. The topological polar surface area (TPSA) is 79.3 Å². The smallest absolute Gasteiger partial charge is 0.322 e. The molecule has 4 rings (SSSR count). The van der Waals surface area contributed by atoms with Crippen molar-refractivity contribution in [2.75, 3.05) is 19.7 Å². The summed E-state index contributed by atoms with van der Waals surface area (Å²) in [5.41, 5.74) is 0.244. The highest BCUT2D eigenvalue weighted by molar-refractivity contribution is 7.89. The van der Waals surface area contributed by atoms with Gasteiger partial charge in [-0.2, -0.15) is 4.31 Å². The van der Waals surface area contributed by atoms with E-state index in [1.165, 1.54) is 21.3 Å². The Morgan fingerprint density at radius 2 is 1.79 bits per heavy atom. The van der Waals surface area contributed by atoms with Crippen molar-refractivity contribution in [3.8, 4) is 5.75 Å². The molecule has 1 amide bonds.